The van der Waals surface area contributed by atoms with Gasteiger partial charge in [0.15, 0.2) is 0 Å². The molecule has 0 aromatic heterocycles. The molecule has 22 heavy (non-hydrogen) atoms. The fourth-order valence-electron chi connectivity index (χ4n) is 3.29. The van der Waals surface area contributed by atoms with Gasteiger partial charge in [0.05, 0.1) is 6.10 Å². The Morgan fingerprint density at radius 1 is 1.36 bits per heavy atom. The van der Waals surface area contributed by atoms with E-state index >= 15 is 0 Å². The third kappa shape index (κ3) is 4.11. The van der Waals surface area contributed by atoms with Crippen LogP contribution in [0.3, 0.4) is 0 Å². The summed E-state index contributed by atoms with van der Waals surface area (Å²) in [5, 5.41) is 10.0. The average Bonchev–Trinajstić information content (AvgIpc) is 2.46. The maximum Gasteiger partial charge on any atom is 0.120 e. The van der Waals surface area contributed by atoms with Crippen molar-refractivity contribution in [2.75, 3.05) is 13.2 Å². The highest BCUT2D eigenvalue weighted by Crippen LogP contribution is 2.40. The molecule has 0 bridgehead atoms. The van der Waals surface area contributed by atoms with E-state index < -0.39 is 6.10 Å². The summed E-state index contributed by atoms with van der Waals surface area (Å²) in [4.78, 5) is 0. The lowest BCUT2D eigenvalue weighted by molar-refractivity contribution is 0.169. The van der Waals surface area contributed by atoms with Gasteiger partial charge in [-0.05, 0) is 67.8 Å². The van der Waals surface area contributed by atoms with Crippen LogP contribution < -0.4 is 10.5 Å². The summed E-state index contributed by atoms with van der Waals surface area (Å²) in [7, 11) is 0. The van der Waals surface area contributed by atoms with Crippen LogP contribution in [0.1, 0.15) is 58.1 Å². The van der Waals surface area contributed by atoms with E-state index in [1.165, 1.54) is 30.4 Å². The number of nitrogens with two attached hydrogens (primary N) is 1. The summed E-state index contributed by atoms with van der Waals surface area (Å²) in [5.41, 5.74) is 9.49. The van der Waals surface area contributed by atoms with E-state index in [2.05, 4.69) is 20.8 Å². The zero-order chi connectivity index (χ0) is 16.2. The normalized spacial score (nSPS) is 19.1. The van der Waals surface area contributed by atoms with Crippen LogP contribution in [-0.2, 0) is 0 Å². The fraction of sp³-hybridized carbons (Fsp3) is 0.579. The van der Waals surface area contributed by atoms with Gasteiger partial charge in [-0.1, -0.05) is 31.6 Å². The smallest absolute Gasteiger partial charge is 0.120 e. The quantitative estimate of drug-likeness (QED) is 0.782. The molecule has 1 aliphatic carbocycles. The summed E-state index contributed by atoms with van der Waals surface area (Å²) in [6.45, 7) is 7.94. The molecule has 0 unspecified atom stereocenters. The topological polar surface area (TPSA) is 55.5 Å². The highest BCUT2D eigenvalue weighted by molar-refractivity contribution is 5.31. The van der Waals surface area contributed by atoms with Crippen molar-refractivity contribution in [3.63, 3.8) is 0 Å². The molecule has 0 fully saturated rings. The van der Waals surface area contributed by atoms with E-state index in [1.807, 2.05) is 24.3 Å². The number of rotatable bonds is 6. The van der Waals surface area contributed by atoms with Crippen LogP contribution in [-0.4, -0.2) is 18.3 Å². The first-order chi connectivity index (χ1) is 10.4. The van der Waals surface area contributed by atoms with Crippen LogP contribution in [0.15, 0.2) is 35.4 Å². The van der Waals surface area contributed by atoms with Crippen LogP contribution in [0, 0.1) is 5.41 Å². The van der Waals surface area contributed by atoms with Crippen molar-refractivity contribution in [2.24, 2.45) is 11.1 Å². The Balaban J connectivity index is 2.07. The Bertz CT molecular complexity index is 534. The molecule has 1 atom stereocenters. The second-order valence-electron chi connectivity index (χ2n) is 6.95. The van der Waals surface area contributed by atoms with Gasteiger partial charge in [0.25, 0.3) is 0 Å². The number of aliphatic hydroxyl groups is 1. The van der Waals surface area contributed by atoms with E-state index in [1.54, 1.807) is 0 Å². The van der Waals surface area contributed by atoms with Gasteiger partial charge >= 0.3 is 0 Å². The van der Waals surface area contributed by atoms with Crippen LogP contribution in [0.4, 0.5) is 0 Å². The lowest BCUT2D eigenvalue weighted by Crippen LogP contribution is -2.24. The summed E-state index contributed by atoms with van der Waals surface area (Å²) in [5.74, 6) is 0.815. The molecular weight excluding hydrogens is 274 g/mol. The second-order valence-corrected chi connectivity index (χ2v) is 6.95. The van der Waals surface area contributed by atoms with Gasteiger partial charge in [0.2, 0.25) is 0 Å². The molecule has 0 aliphatic heterocycles. The van der Waals surface area contributed by atoms with Gasteiger partial charge in [-0.3, -0.25) is 0 Å². The molecule has 122 valence electrons. The van der Waals surface area contributed by atoms with Crippen LogP contribution >= 0.6 is 0 Å². The zero-order valence-corrected chi connectivity index (χ0v) is 14.1. The zero-order valence-electron chi connectivity index (χ0n) is 14.1. The van der Waals surface area contributed by atoms with Crippen molar-refractivity contribution in [3.05, 3.63) is 41.0 Å². The number of benzene rings is 1. The molecule has 1 aliphatic rings. The highest BCUT2D eigenvalue weighted by atomic mass is 16.5. The number of ether oxygens (including phenoxy) is 1. The first-order valence-corrected chi connectivity index (χ1v) is 8.24. The van der Waals surface area contributed by atoms with E-state index in [-0.39, 0.29) is 5.41 Å². The maximum atomic E-state index is 10.0. The third-order valence-corrected chi connectivity index (χ3v) is 4.75. The highest BCUT2D eigenvalue weighted by Gasteiger charge is 2.28. The summed E-state index contributed by atoms with van der Waals surface area (Å²) in [6.07, 6.45) is 3.72. The first-order valence-electron chi connectivity index (χ1n) is 8.24. The summed E-state index contributed by atoms with van der Waals surface area (Å²) in [6, 6.07) is 7.72. The van der Waals surface area contributed by atoms with Crippen LogP contribution in [0.2, 0.25) is 0 Å². The van der Waals surface area contributed by atoms with Gasteiger partial charge in [-0.25, -0.2) is 0 Å². The van der Waals surface area contributed by atoms with Gasteiger partial charge in [0.1, 0.15) is 12.4 Å². The molecule has 3 heteroatoms. The molecule has 0 spiro atoms. The minimum Gasteiger partial charge on any atom is -0.489 e. The molecule has 0 radical (unpaired) electrons. The van der Waals surface area contributed by atoms with Crippen molar-refractivity contribution >= 4 is 0 Å². The van der Waals surface area contributed by atoms with Crippen molar-refractivity contribution in [1.29, 1.82) is 0 Å². The van der Waals surface area contributed by atoms with Crippen molar-refractivity contribution in [2.45, 2.75) is 52.6 Å². The Labute approximate surface area is 134 Å². The van der Waals surface area contributed by atoms with Gasteiger partial charge in [-0.2, -0.15) is 0 Å². The Hall–Kier alpha value is -1.32. The molecule has 1 aromatic carbocycles. The number of allylic oxidation sites excluding steroid dienone is 1. The predicted octanol–water partition coefficient (Wildman–Crippen LogP) is 3.97. The van der Waals surface area contributed by atoms with E-state index in [9.17, 15) is 5.11 Å². The van der Waals surface area contributed by atoms with Crippen molar-refractivity contribution < 1.29 is 9.84 Å². The Kier molecular flexibility index (Phi) is 5.65. The lowest BCUT2D eigenvalue weighted by atomic mass is 9.73. The Morgan fingerprint density at radius 3 is 2.82 bits per heavy atom. The first kappa shape index (κ1) is 17.0. The maximum absolute atomic E-state index is 10.0. The number of hydrogen-bond acceptors (Lipinski definition) is 3. The predicted molar refractivity (Wildman–Crippen MR) is 90.9 cm³/mol. The molecule has 1 aromatic rings. The SMILES string of the molecule is CC1=C(COc2cccc([C@H](O)CCN)c2)C(C)(C)CCC1. The third-order valence-electron chi connectivity index (χ3n) is 4.75. The molecule has 3 nitrogen and oxygen atoms in total. The largest absolute Gasteiger partial charge is 0.489 e. The van der Waals surface area contributed by atoms with E-state index in [0.29, 0.717) is 19.6 Å². The monoisotopic (exact) mass is 303 g/mol. The molecule has 0 heterocycles. The Morgan fingerprint density at radius 2 is 2.14 bits per heavy atom. The van der Waals surface area contributed by atoms with Gasteiger partial charge < -0.3 is 15.6 Å². The number of aliphatic hydroxyl groups excluding tert-OH is 1. The van der Waals surface area contributed by atoms with Gasteiger partial charge in [0, 0.05) is 0 Å². The van der Waals surface area contributed by atoms with Crippen LogP contribution in [0.25, 0.3) is 0 Å². The van der Waals surface area contributed by atoms with E-state index in [0.717, 1.165) is 11.3 Å². The van der Waals surface area contributed by atoms with Gasteiger partial charge in [-0.15, -0.1) is 0 Å². The molecule has 0 saturated heterocycles. The standard InChI is InChI=1S/C19H29NO2/c1-14-6-5-10-19(2,3)17(14)13-22-16-8-4-7-15(12-16)18(21)9-11-20/h4,7-8,12,18,21H,5-6,9-11,13,20H2,1-3H3/t18-/m1/s1. The molecule has 0 saturated carbocycles. The van der Waals surface area contributed by atoms with Crippen molar-refractivity contribution in [1.82, 2.24) is 0 Å². The second kappa shape index (κ2) is 7.30. The molecule has 0 amide bonds. The summed E-state index contributed by atoms with van der Waals surface area (Å²) < 4.78 is 6.02. The minimum absolute atomic E-state index is 0.221. The fourth-order valence-corrected chi connectivity index (χ4v) is 3.29. The van der Waals surface area contributed by atoms with Crippen LogP contribution in [0.5, 0.6) is 5.75 Å². The molecular formula is C19H29NO2. The van der Waals surface area contributed by atoms with E-state index in [4.69, 9.17) is 10.5 Å². The van der Waals surface area contributed by atoms with Crippen molar-refractivity contribution in [3.8, 4) is 5.75 Å². The summed E-state index contributed by atoms with van der Waals surface area (Å²) >= 11 is 0. The molecule has 2 rings (SSSR count). The minimum atomic E-state index is -0.513. The lowest BCUT2D eigenvalue weighted by Gasteiger charge is -2.34. The average molecular weight is 303 g/mol. The molecule has 3 N–H and O–H groups in total. The number of hydrogen-bond donors (Lipinski definition) is 2.